The lowest BCUT2D eigenvalue weighted by Gasteiger charge is -2.35. The molecule has 0 unspecified atom stereocenters. The van der Waals surface area contributed by atoms with Gasteiger partial charge in [-0.25, -0.2) is 0 Å². The summed E-state index contributed by atoms with van der Waals surface area (Å²) in [5, 5.41) is 2.84. The summed E-state index contributed by atoms with van der Waals surface area (Å²) in [7, 11) is 0. The maximum atomic E-state index is 13.1. The quantitative estimate of drug-likeness (QED) is 0.900. The zero-order chi connectivity index (χ0) is 18.0. The second-order valence-electron chi connectivity index (χ2n) is 6.76. The Bertz CT molecular complexity index is 688. The van der Waals surface area contributed by atoms with Crippen LogP contribution >= 0.6 is 0 Å². The summed E-state index contributed by atoms with van der Waals surface area (Å²) in [6, 6.07) is 7.16. The molecule has 3 rings (SSSR count). The predicted octanol–water partition coefficient (Wildman–Crippen LogP) is 1.34. The van der Waals surface area contributed by atoms with E-state index in [2.05, 4.69) is 5.32 Å². The molecule has 0 bridgehead atoms. The van der Waals surface area contributed by atoms with Crippen molar-refractivity contribution < 1.29 is 14.4 Å². The summed E-state index contributed by atoms with van der Waals surface area (Å²) in [5.74, 6) is -0.327. The third-order valence-corrected chi connectivity index (χ3v) is 5.06. The van der Waals surface area contributed by atoms with E-state index in [1.807, 2.05) is 31.2 Å². The molecular weight excluding hydrogens is 318 g/mol. The molecule has 2 atom stereocenters. The van der Waals surface area contributed by atoms with Gasteiger partial charge in [-0.2, -0.15) is 0 Å². The van der Waals surface area contributed by atoms with Crippen LogP contribution in [-0.4, -0.2) is 48.3 Å². The maximum Gasteiger partial charge on any atom is 0.246 e. The van der Waals surface area contributed by atoms with Gasteiger partial charge in [0.25, 0.3) is 0 Å². The lowest BCUT2D eigenvalue weighted by molar-refractivity contribution is -0.138. The summed E-state index contributed by atoms with van der Waals surface area (Å²) >= 11 is 0. The average molecular weight is 343 g/mol. The van der Waals surface area contributed by atoms with E-state index in [-0.39, 0.29) is 23.6 Å². The lowest BCUT2D eigenvalue weighted by Crippen LogP contribution is -2.53. The Morgan fingerprint density at radius 2 is 2.00 bits per heavy atom. The SMILES string of the molecule is CCNC(=O)[C@@H]1CCCN(C(=O)[C@@H]2Cc3ccccc3N2C(C)=O)C1. The standard InChI is InChI=1S/C19H25N3O3/c1-3-20-18(24)15-8-6-10-21(12-15)19(25)17-11-14-7-4-5-9-16(14)22(17)13(2)23/h4-5,7,9,15,17H,3,6,8,10-12H2,1-2H3,(H,20,24)/t15-,17+/m1/s1. The van der Waals surface area contributed by atoms with Gasteiger partial charge in [0.2, 0.25) is 17.7 Å². The van der Waals surface area contributed by atoms with Gasteiger partial charge in [-0.05, 0) is 31.4 Å². The molecule has 2 aliphatic heterocycles. The normalized spacial score (nSPS) is 22.5. The number of hydrogen-bond acceptors (Lipinski definition) is 3. The van der Waals surface area contributed by atoms with Crippen molar-refractivity contribution in [3.63, 3.8) is 0 Å². The first-order valence-corrected chi connectivity index (χ1v) is 8.97. The highest BCUT2D eigenvalue weighted by Gasteiger charge is 2.40. The lowest BCUT2D eigenvalue weighted by atomic mass is 9.96. The first-order chi connectivity index (χ1) is 12.0. The fraction of sp³-hybridized carbons (Fsp3) is 0.526. The Balaban J connectivity index is 1.76. The van der Waals surface area contributed by atoms with Crippen molar-refractivity contribution in [3.8, 4) is 0 Å². The van der Waals surface area contributed by atoms with Crippen LogP contribution in [0.2, 0.25) is 0 Å². The number of fused-ring (bicyclic) bond motifs is 1. The molecule has 0 radical (unpaired) electrons. The third kappa shape index (κ3) is 3.38. The largest absolute Gasteiger partial charge is 0.356 e. The molecule has 6 nitrogen and oxygen atoms in total. The molecule has 6 heteroatoms. The van der Waals surface area contributed by atoms with Gasteiger partial charge >= 0.3 is 0 Å². The molecule has 1 aromatic carbocycles. The van der Waals surface area contributed by atoms with Crippen molar-refractivity contribution in [2.75, 3.05) is 24.5 Å². The number of hydrogen-bond donors (Lipinski definition) is 1. The minimum Gasteiger partial charge on any atom is -0.356 e. The van der Waals surface area contributed by atoms with Crippen LogP contribution in [0.4, 0.5) is 5.69 Å². The topological polar surface area (TPSA) is 69.7 Å². The van der Waals surface area contributed by atoms with E-state index in [0.717, 1.165) is 24.1 Å². The number of carbonyl (C=O) groups excluding carboxylic acids is 3. The number of carbonyl (C=O) groups is 3. The molecule has 1 N–H and O–H groups in total. The molecule has 2 heterocycles. The van der Waals surface area contributed by atoms with Crippen LogP contribution in [0.25, 0.3) is 0 Å². The zero-order valence-corrected chi connectivity index (χ0v) is 14.8. The molecule has 2 aliphatic rings. The van der Waals surface area contributed by atoms with Crippen LogP contribution in [0.5, 0.6) is 0 Å². The first kappa shape index (κ1) is 17.5. The van der Waals surface area contributed by atoms with E-state index in [4.69, 9.17) is 0 Å². The monoisotopic (exact) mass is 343 g/mol. The molecule has 134 valence electrons. The minimum atomic E-state index is -0.497. The summed E-state index contributed by atoms with van der Waals surface area (Å²) in [4.78, 5) is 40.8. The Kier molecular flexibility index (Phi) is 5.06. The fourth-order valence-corrected chi connectivity index (χ4v) is 3.89. The Hall–Kier alpha value is -2.37. The Labute approximate surface area is 148 Å². The van der Waals surface area contributed by atoms with Crippen molar-refractivity contribution in [3.05, 3.63) is 29.8 Å². The summed E-state index contributed by atoms with van der Waals surface area (Å²) < 4.78 is 0. The molecule has 0 aliphatic carbocycles. The maximum absolute atomic E-state index is 13.1. The number of nitrogens with zero attached hydrogens (tertiary/aromatic N) is 2. The van der Waals surface area contributed by atoms with E-state index < -0.39 is 6.04 Å². The molecule has 0 spiro atoms. The van der Waals surface area contributed by atoms with Crippen LogP contribution in [0.15, 0.2) is 24.3 Å². The number of rotatable bonds is 3. The number of anilines is 1. The van der Waals surface area contributed by atoms with E-state index >= 15 is 0 Å². The average Bonchev–Trinajstić information content (AvgIpc) is 3.01. The van der Waals surface area contributed by atoms with Gasteiger partial charge < -0.3 is 10.2 Å². The van der Waals surface area contributed by atoms with Gasteiger partial charge in [-0.1, -0.05) is 18.2 Å². The Morgan fingerprint density at radius 1 is 1.24 bits per heavy atom. The van der Waals surface area contributed by atoms with Gasteiger partial charge in [-0.3, -0.25) is 19.3 Å². The van der Waals surface area contributed by atoms with Crippen molar-refractivity contribution in [2.45, 2.75) is 39.2 Å². The zero-order valence-electron chi connectivity index (χ0n) is 14.8. The molecule has 1 saturated heterocycles. The summed E-state index contributed by atoms with van der Waals surface area (Å²) in [6.45, 7) is 5.07. The van der Waals surface area contributed by atoms with Crippen LogP contribution in [0, 0.1) is 5.92 Å². The summed E-state index contributed by atoms with van der Waals surface area (Å²) in [6.07, 6.45) is 2.15. The number of para-hydroxylation sites is 1. The first-order valence-electron chi connectivity index (χ1n) is 8.97. The van der Waals surface area contributed by atoms with Gasteiger partial charge in [0, 0.05) is 38.7 Å². The molecule has 0 saturated carbocycles. The molecular formula is C19H25N3O3. The van der Waals surface area contributed by atoms with E-state index in [1.165, 1.54) is 6.92 Å². The number of likely N-dealkylation sites (tertiary alicyclic amines) is 1. The van der Waals surface area contributed by atoms with Crippen LogP contribution < -0.4 is 10.2 Å². The van der Waals surface area contributed by atoms with E-state index in [9.17, 15) is 14.4 Å². The second kappa shape index (κ2) is 7.25. The molecule has 25 heavy (non-hydrogen) atoms. The van der Waals surface area contributed by atoms with Crippen molar-refractivity contribution >= 4 is 23.4 Å². The molecule has 0 aromatic heterocycles. The summed E-state index contributed by atoms with van der Waals surface area (Å²) in [5.41, 5.74) is 1.85. The van der Waals surface area contributed by atoms with Crippen molar-refractivity contribution in [2.24, 2.45) is 5.92 Å². The smallest absolute Gasteiger partial charge is 0.246 e. The number of piperidine rings is 1. The second-order valence-corrected chi connectivity index (χ2v) is 6.76. The minimum absolute atomic E-state index is 0.0122. The van der Waals surface area contributed by atoms with Crippen molar-refractivity contribution in [1.29, 1.82) is 0 Å². The van der Waals surface area contributed by atoms with Gasteiger partial charge in [-0.15, -0.1) is 0 Å². The van der Waals surface area contributed by atoms with Crippen LogP contribution in [0.3, 0.4) is 0 Å². The highest BCUT2D eigenvalue weighted by molar-refractivity contribution is 6.02. The van der Waals surface area contributed by atoms with E-state index in [0.29, 0.717) is 26.1 Å². The van der Waals surface area contributed by atoms with Crippen LogP contribution in [-0.2, 0) is 20.8 Å². The highest BCUT2D eigenvalue weighted by Crippen LogP contribution is 2.33. The van der Waals surface area contributed by atoms with Gasteiger partial charge in [0.05, 0.1) is 5.92 Å². The van der Waals surface area contributed by atoms with Gasteiger partial charge in [0.15, 0.2) is 0 Å². The Morgan fingerprint density at radius 3 is 2.72 bits per heavy atom. The van der Waals surface area contributed by atoms with E-state index in [1.54, 1.807) is 9.80 Å². The number of amides is 3. The highest BCUT2D eigenvalue weighted by atomic mass is 16.2. The number of nitrogens with one attached hydrogen (secondary N) is 1. The predicted molar refractivity (Wildman–Crippen MR) is 95.1 cm³/mol. The van der Waals surface area contributed by atoms with Gasteiger partial charge in [0.1, 0.15) is 6.04 Å². The van der Waals surface area contributed by atoms with Crippen molar-refractivity contribution in [1.82, 2.24) is 10.2 Å². The fourth-order valence-electron chi connectivity index (χ4n) is 3.89. The third-order valence-electron chi connectivity index (χ3n) is 5.06. The van der Waals surface area contributed by atoms with Crippen LogP contribution in [0.1, 0.15) is 32.3 Å². The molecule has 1 aromatic rings. The molecule has 1 fully saturated rings. The number of benzene rings is 1. The molecule has 3 amide bonds.